The summed E-state index contributed by atoms with van der Waals surface area (Å²) in [6.45, 7) is 1.75. The number of carbonyl (C=O) groups is 1. The lowest BCUT2D eigenvalue weighted by atomic mass is 10.2. The van der Waals surface area contributed by atoms with Crippen molar-refractivity contribution in [2.45, 2.75) is 19.5 Å². The third-order valence-corrected chi connectivity index (χ3v) is 2.59. The van der Waals surface area contributed by atoms with Gasteiger partial charge in [0.05, 0.1) is 11.3 Å². The van der Waals surface area contributed by atoms with E-state index in [2.05, 4.69) is 4.98 Å². The highest BCUT2D eigenvalue weighted by Gasteiger charge is 2.31. The zero-order valence-corrected chi connectivity index (χ0v) is 9.45. The molecule has 0 unspecified atom stereocenters. The number of rotatable bonds is 2. The molecule has 7 heteroatoms. The lowest BCUT2D eigenvalue weighted by Crippen LogP contribution is -2.16. The quantitative estimate of drug-likeness (QED) is 0.894. The molecule has 4 nitrogen and oxygen atoms in total. The van der Waals surface area contributed by atoms with Gasteiger partial charge >= 0.3 is 6.18 Å². The van der Waals surface area contributed by atoms with Crippen LogP contribution in [0, 0.1) is 0 Å². The van der Waals surface area contributed by atoms with Gasteiger partial charge < -0.3 is 5.73 Å². The first-order valence-electron chi connectivity index (χ1n) is 5.22. The Morgan fingerprint density at radius 3 is 2.61 bits per heavy atom. The Morgan fingerprint density at radius 2 is 2.11 bits per heavy atom. The molecule has 0 aliphatic carbocycles. The van der Waals surface area contributed by atoms with Crippen LogP contribution in [0.15, 0.2) is 18.3 Å². The maximum absolute atomic E-state index is 12.6. The number of pyridine rings is 1. The van der Waals surface area contributed by atoms with Crippen molar-refractivity contribution in [2.75, 3.05) is 0 Å². The highest BCUT2D eigenvalue weighted by molar-refractivity contribution is 5.93. The van der Waals surface area contributed by atoms with E-state index in [9.17, 15) is 18.0 Å². The summed E-state index contributed by atoms with van der Waals surface area (Å²) in [7, 11) is 0. The van der Waals surface area contributed by atoms with Crippen molar-refractivity contribution in [1.29, 1.82) is 0 Å². The highest BCUT2D eigenvalue weighted by atomic mass is 19.4. The van der Waals surface area contributed by atoms with E-state index >= 15 is 0 Å². The molecule has 0 spiro atoms. The van der Waals surface area contributed by atoms with Crippen LogP contribution in [0.3, 0.4) is 0 Å². The highest BCUT2D eigenvalue weighted by Crippen LogP contribution is 2.29. The number of hydrogen-bond donors (Lipinski definition) is 1. The molecule has 0 aliphatic heterocycles. The lowest BCUT2D eigenvalue weighted by molar-refractivity contribution is -0.137. The molecule has 2 heterocycles. The molecule has 2 N–H and O–H groups in total. The Morgan fingerprint density at radius 1 is 1.44 bits per heavy atom. The van der Waals surface area contributed by atoms with E-state index in [0.717, 1.165) is 16.7 Å². The Hall–Kier alpha value is -2.05. The van der Waals surface area contributed by atoms with Crippen LogP contribution in [-0.2, 0) is 12.6 Å². The number of imidazole rings is 1. The van der Waals surface area contributed by atoms with Crippen LogP contribution in [0.4, 0.5) is 13.2 Å². The molecule has 0 saturated heterocycles. The number of halogens is 3. The summed E-state index contributed by atoms with van der Waals surface area (Å²) in [4.78, 5) is 15.4. The second-order valence-electron chi connectivity index (χ2n) is 3.77. The van der Waals surface area contributed by atoms with Crippen molar-refractivity contribution in [3.05, 3.63) is 35.3 Å². The Balaban J connectivity index is 2.75. The van der Waals surface area contributed by atoms with Crippen molar-refractivity contribution < 1.29 is 18.0 Å². The lowest BCUT2D eigenvalue weighted by Gasteiger charge is -2.07. The fourth-order valence-corrected chi connectivity index (χ4v) is 1.77. The van der Waals surface area contributed by atoms with Crippen molar-refractivity contribution in [2.24, 2.45) is 5.73 Å². The predicted molar refractivity (Wildman–Crippen MR) is 58.1 cm³/mol. The van der Waals surface area contributed by atoms with Gasteiger partial charge in [-0.2, -0.15) is 13.2 Å². The van der Waals surface area contributed by atoms with Crippen LogP contribution in [0.5, 0.6) is 0 Å². The van der Waals surface area contributed by atoms with Gasteiger partial charge in [0.15, 0.2) is 0 Å². The van der Waals surface area contributed by atoms with Crippen molar-refractivity contribution >= 4 is 11.6 Å². The van der Waals surface area contributed by atoms with Crippen molar-refractivity contribution in [3.63, 3.8) is 0 Å². The molecule has 2 aromatic heterocycles. The van der Waals surface area contributed by atoms with Gasteiger partial charge in [0.1, 0.15) is 11.3 Å². The molecular formula is C11H10F3N3O. The second kappa shape index (κ2) is 4.01. The number of primary amides is 1. The third-order valence-electron chi connectivity index (χ3n) is 2.59. The van der Waals surface area contributed by atoms with Crippen LogP contribution in [0.2, 0.25) is 0 Å². The summed E-state index contributed by atoms with van der Waals surface area (Å²) < 4.78 is 38.8. The van der Waals surface area contributed by atoms with E-state index in [1.165, 1.54) is 6.07 Å². The number of alkyl halides is 3. The Labute approximate surface area is 100 Å². The van der Waals surface area contributed by atoms with Gasteiger partial charge in [0, 0.05) is 6.20 Å². The van der Waals surface area contributed by atoms with Crippen LogP contribution < -0.4 is 5.73 Å². The smallest absolute Gasteiger partial charge is 0.364 e. The van der Waals surface area contributed by atoms with Crippen LogP contribution >= 0.6 is 0 Å². The van der Waals surface area contributed by atoms with Crippen molar-refractivity contribution in [1.82, 2.24) is 9.38 Å². The summed E-state index contributed by atoms with van der Waals surface area (Å²) in [5, 5.41) is 0. The molecule has 0 aromatic carbocycles. The molecular weight excluding hydrogens is 247 g/mol. The zero-order chi connectivity index (χ0) is 13.5. The summed E-state index contributed by atoms with van der Waals surface area (Å²) in [5.74, 6) is -0.793. The normalized spacial score (nSPS) is 12.0. The first-order chi connectivity index (χ1) is 8.34. The molecule has 0 radical (unpaired) electrons. The van der Waals surface area contributed by atoms with Crippen LogP contribution in [0.1, 0.15) is 28.7 Å². The minimum absolute atomic E-state index is 0.00130. The predicted octanol–water partition coefficient (Wildman–Crippen LogP) is 2.01. The number of aromatic nitrogens is 2. The van der Waals surface area contributed by atoms with E-state index in [1.54, 1.807) is 6.92 Å². The number of nitrogens with zero attached hydrogens (tertiary/aromatic N) is 2. The number of aryl methyl sites for hydroxylation is 1. The fraction of sp³-hybridized carbons (Fsp3) is 0.273. The van der Waals surface area contributed by atoms with Gasteiger partial charge in [-0.1, -0.05) is 6.92 Å². The van der Waals surface area contributed by atoms with Gasteiger partial charge in [-0.05, 0) is 18.6 Å². The summed E-state index contributed by atoms with van der Waals surface area (Å²) in [5.41, 5.74) is 4.99. The number of amides is 1. The average molecular weight is 257 g/mol. The van der Waals surface area contributed by atoms with Crippen molar-refractivity contribution in [3.8, 4) is 0 Å². The number of nitrogens with two attached hydrogens (primary N) is 1. The minimum Gasteiger partial charge on any atom is -0.364 e. The van der Waals surface area contributed by atoms with E-state index in [1.807, 2.05) is 0 Å². The SMILES string of the molecule is CCc1nc2ccc(C(F)(F)F)cn2c1C(N)=O. The molecule has 1 amide bonds. The summed E-state index contributed by atoms with van der Waals surface area (Å²) >= 11 is 0. The van der Waals surface area contributed by atoms with E-state index in [4.69, 9.17) is 5.73 Å². The molecule has 0 fully saturated rings. The zero-order valence-electron chi connectivity index (χ0n) is 9.45. The fourth-order valence-electron chi connectivity index (χ4n) is 1.77. The maximum atomic E-state index is 12.6. The minimum atomic E-state index is -4.47. The molecule has 2 aromatic rings. The van der Waals surface area contributed by atoms with E-state index < -0.39 is 17.6 Å². The number of hydrogen-bond acceptors (Lipinski definition) is 2. The summed E-state index contributed by atoms with van der Waals surface area (Å²) in [6.07, 6.45) is -3.22. The first kappa shape index (κ1) is 12.4. The molecule has 0 aliphatic rings. The van der Waals surface area contributed by atoms with E-state index in [0.29, 0.717) is 12.1 Å². The Bertz CT molecular complexity index is 616. The molecule has 0 saturated carbocycles. The largest absolute Gasteiger partial charge is 0.417 e. The van der Waals surface area contributed by atoms with Gasteiger partial charge in [-0.25, -0.2) is 4.98 Å². The standard InChI is InChI=1S/C11H10F3N3O/c1-2-7-9(10(15)18)17-5-6(11(12,13)14)3-4-8(17)16-7/h3-5H,2H2,1H3,(H2,15,18). The topological polar surface area (TPSA) is 60.4 Å². The average Bonchev–Trinajstić information content (AvgIpc) is 2.64. The Kier molecular flexibility index (Phi) is 2.76. The molecule has 2 rings (SSSR count). The number of fused-ring (bicyclic) bond motifs is 1. The van der Waals surface area contributed by atoms with Gasteiger partial charge in [-0.15, -0.1) is 0 Å². The molecule has 96 valence electrons. The van der Waals surface area contributed by atoms with Gasteiger partial charge in [-0.3, -0.25) is 9.20 Å². The van der Waals surface area contributed by atoms with E-state index in [-0.39, 0.29) is 11.3 Å². The van der Waals surface area contributed by atoms with Gasteiger partial charge in [0.25, 0.3) is 5.91 Å². The molecule has 18 heavy (non-hydrogen) atoms. The number of carbonyl (C=O) groups excluding carboxylic acids is 1. The first-order valence-corrected chi connectivity index (χ1v) is 5.22. The molecule has 0 atom stereocenters. The summed E-state index contributed by atoms with van der Waals surface area (Å²) in [6, 6.07) is 2.14. The van der Waals surface area contributed by atoms with Crippen LogP contribution in [-0.4, -0.2) is 15.3 Å². The van der Waals surface area contributed by atoms with Gasteiger partial charge in [0.2, 0.25) is 0 Å². The molecule has 0 bridgehead atoms. The van der Waals surface area contributed by atoms with Crippen LogP contribution in [0.25, 0.3) is 5.65 Å². The monoisotopic (exact) mass is 257 g/mol. The third kappa shape index (κ3) is 1.92. The maximum Gasteiger partial charge on any atom is 0.417 e. The second-order valence-corrected chi connectivity index (χ2v) is 3.77.